The summed E-state index contributed by atoms with van der Waals surface area (Å²) in [4.78, 5) is 25.7. The van der Waals surface area contributed by atoms with Gasteiger partial charge in [-0.1, -0.05) is 38.4 Å². The molecule has 0 radical (unpaired) electrons. The van der Waals surface area contributed by atoms with Gasteiger partial charge in [-0.15, -0.1) is 11.3 Å². The Bertz CT molecular complexity index is 1650. The number of rotatable bonds is 10. The normalized spacial score (nSPS) is 12.3. The summed E-state index contributed by atoms with van der Waals surface area (Å²) in [5, 5.41) is 24.8. The Labute approximate surface area is 246 Å². The molecule has 0 aliphatic heterocycles. The number of amides is 1. The minimum atomic E-state index is -1.04. The van der Waals surface area contributed by atoms with Crippen molar-refractivity contribution in [1.29, 1.82) is 0 Å². The van der Waals surface area contributed by atoms with Gasteiger partial charge < -0.3 is 20.5 Å². The molecule has 0 aliphatic carbocycles. The molecule has 212 valence electrons. The number of anilines is 2. The van der Waals surface area contributed by atoms with Crippen LogP contribution in [-0.4, -0.2) is 49.0 Å². The number of nitrogens with zero attached hydrogens (tertiary/aromatic N) is 4. The Morgan fingerprint density at radius 2 is 1.98 bits per heavy atom. The molecule has 4 aromatic heterocycles. The van der Waals surface area contributed by atoms with E-state index in [0.717, 1.165) is 27.0 Å². The summed E-state index contributed by atoms with van der Waals surface area (Å²) in [5.41, 5.74) is 2.82. The molecule has 0 saturated carbocycles. The molecule has 0 aliphatic rings. The fourth-order valence-electron chi connectivity index (χ4n) is 4.33. The zero-order chi connectivity index (χ0) is 29.0. The Balaban J connectivity index is 1.43. The van der Waals surface area contributed by atoms with Gasteiger partial charge in [-0.05, 0) is 41.8 Å². The molecular formula is C29H30ClN7O3S. The number of carboxylic acid groups (broad SMARTS) is 1. The van der Waals surface area contributed by atoms with Crippen molar-refractivity contribution in [2.75, 3.05) is 11.9 Å². The Morgan fingerprint density at radius 3 is 2.71 bits per heavy atom. The molecule has 41 heavy (non-hydrogen) atoms. The predicted octanol–water partition coefficient (Wildman–Crippen LogP) is 6.72. The quantitative estimate of drug-likeness (QED) is 0.140. The van der Waals surface area contributed by atoms with Crippen LogP contribution in [0.4, 0.5) is 15.7 Å². The number of carbonyl (C=O) groups is 1. The lowest BCUT2D eigenvalue weighted by Crippen LogP contribution is -2.44. The number of thiazole rings is 1. The zero-order valence-corrected chi connectivity index (χ0v) is 24.4. The third-order valence-corrected chi connectivity index (χ3v) is 7.78. The first kappa shape index (κ1) is 28.3. The van der Waals surface area contributed by atoms with Crippen LogP contribution in [0, 0.1) is 5.41 Å². The van der Waals surface area contributed by atoms with Crippen LogP contribution < -0.4 is 15.4 Å². The van der Waals surface area contributed by atoms with Crippen LogP contribution in [-0.2, 0) is 12.8 Å². The first-order valence-corrected chi connectivity index (χ1v) is 14.2. The van der Waals surface area contributed by atoms with Crippen molar-refractivity contribution in [2.45, 2.75) is 39.7 Å². The molecule has 0 spiro atoms. The van der Waals surface area contributed by atoms with Crippen LogP contribution in [0.5, 0.6) is 5.75 Å². The SMILES string of the molecule is CC(C)(C)C(Cc1cnc(Nc2n[nH]c3c(OCCc4ccccn4)cc(-c4ncccc4Cl)cc23)s1)NC(=O)O. The highest BCUT2D eigenvalue weighted by Gasteiger charge is 2.27. The first-order valence-electron chi connectivity index (χ1n) is 13.0. The van der Waals surface area contributed by atoms with Crippen LogP contribution in [0.25, 0.3) is 22.2 Å². The van der Waals surface area contributed by atoms with Gasteiger partial charge in [0.25, 0.3) is 0 Å². The van der Waals surface area contributed by atoms with Crippen molar-refractivity contribution in [2.24, 2.45) is 5.41 Å². The van der Waals surface area contributed by atoms with E-state index in [1.54, 1.807) is 30.7 Å². The third kappa shape index (κ3) is 6.93. The molecule has 1 amide bonds. The second-order valence-corrected chi connectivity index (χ2v) is 12.1. The summed E-state index contributed by atoms with van der Waals surface area (Å²) in [5.74, 6) is 1.18. The Hall–Kier alpha value is -4.22. The van der Waals surface area contributed by atoms with Crippen LogP contribution in [0.3, 0.4) is 0 Å². The largest absolute Gasteiger partial charge is 0.491 e. The van der Waals surface area contributed by atoms with Crippen molar-refractivity contribution < 1.29 is 14.6 Å². The highest BCUT2D eigenvalue weighted by Crippen LogP contribution is 2.37. The number of benzene rings is 1. The summed E-state index contributed by atoms with van der Waals surface area (Å²) in [6, 6.07) is 13.0. The number of nitrogens with one attached hydrogen (secondary N) is 3. The number of hydrogen-bond donors (Lipinski definition) is 4. The van der Waals surface area contributed by atoms with E-state index in [9.17, 15) is 9.90 Å². The van der Waals surface area contributed by atoms with Gasteiger partial charge in [0.05, 0.1) is 17.3 Å². The summed E-state index contributed by atoms with van der Waals surface area (Å²) >= 11 is 7.95. The van der Waals surface area contributed by atoms with Gasteiger partial charge in [0.2, 0.25) is 0 Å². The van der Waals surface area contributed by atoms with Gasteiger partial charge >= 0.3 is 6.09 Å². The number of ether oxygens (including phenoxy) is 1. The van der Waals surface area contributed by atoms with Crippen LogP contribution >= 0.6 is 22.9 Å². The number of fused-ring (bicyclic) bond motifs is 1. The molecule has 10 nitrogen and oxygen atoms in total. The average molecular weight is 592 g/mol. The second-order valence-electron chi connectivity index (χ2n) is 10.6. The molecule has 5 rings (SSSR count). The highest BCUT2D eigenvalue weighted by atomic mass is 35.5. The summed E-state index contributed by atoms with van der Waals surface area (Å²) in [6.07, 6.45) is 5.34. The monoisotopic (exact) mass is 591 g/mol. The van der Waals surface area contributed by atoms with Gasteiger partial charge in [0.15, 0.2) is 10.9 Å². The molecule has 1 aromatic carbocycles. The van der Waals surface area contributed by atoms with Crippen molar-refractivity contribution in [3.8, 4) is 17.0 Å². The van der Waals surface area contributed by atoms with Crippen molar-refractivity contribution in [1.82, 2.24) is 30.5 Å². The van der Waals surface area contributed by atoms with Crippen molar-refractivity contribution in [3.63, 3.8) is 0 Å². The van der Waals surface area contributed by atoms with E-state index >= 15 is 0 Å². The Kier molecular flexibility index (Phi) is 8.36. The van der Waals surface area contributed by atoms with E-state index in [2.05, 4.69) is 35.8 Å². The second kappa shape index (κ2) is 12.1. The number of H-pyrrole nitrogens is 1. The lowest BCUT2D eigenvalue weighted by molar-refractivity contribution is 0.174. The fraction of sp³-hybridized carbons (Fsp3) is 0.276. The van der Waals surface area contributed by atoms with E-state index < -0.39 is 6.09 Å². The van der Waals surface area contributed by atoms with E-state index in [-0.39, 0.29) is 11.5 Å². The molecule has 4 N–H and O–H groups in total. The zero-order valence-electron chi connectivity index (χ0n) is 22.8. The molecule has 0 saturated heterocycles. The maximum Gasteiger partial charge on any atom is 0.404 e. The average Bonchev–Trinajstić information content (AvgIpc) is 3.55. The summed E-state index contributed by atoms with van der Waals surface area (Å²) < 4.78 is 6.22. The number of aromatic nitrogens is 5. The van der Waals surface area contributed by atoms with Gasteiger partial charge in [-0.25, -0.2) is 9.78 Å². The molecular weight excluding hydrogens is 562 g/mol. The lowest BCUT2D eigenvalue weighted by Gasteiger charge is -2.30. The summed E-state index contributed by atoms with van der Waals surface area (Å²) in [6.45, 7) is 6.43. The first-order chi connectivity index (χ1) is 19.7. The maximum absolute atomic E-state index is 11.3. The molecule has 0 bridgehead atoms. The standard InChI is InChI=1S/C29H30ClN7O3S/c1-29(2,3)23(34-28(38)39)15-19-16-33-27(41-19)35-26-20-13-17(24-21(30)8-6-11-32-24)14-22(25(20)36-37-26)40-12-9-18-7-4-5-10-31-18/h4-8,10-11,13-14,16,23,34H,9,12,15H2,1-3H3,(H,38,39)(H2,33,35,36,37). The van der Waals surface area contributed by atoms with Crippen LogP contribution in [0.15, 0.2) is 61.1 Å². The molecule has 0 fully saturated rings. The Morgan fingerprint density at radius 1 is 1.15 bits per heavy atom. The number of halogens is 1. The predicted molar refractivity (Wildman–Crippen MR) is 161 cm³/mol. The van der Waals surface area contributed by atoms with Gasteiger partial charge in [0.1, 0.15) is 11.3 Å². The van der Waals surface area contributed by atoms with Crippen LogP contribution in [0.2, 0.25) is 5.02 Å². The van der Waals surface area contributed by atoms with E-state index in [4.69, 9.17) is 16.3 Å². The van der Waals surface area contributed by atoms with Gasteiger partial charge in [-0.3, -0.25) is 15.1 Å². The van der Waals surface area contributed by atoms with Crippen molar-refractivity contribution >= 4 is 50.9 Å². The highest BCUT2D eigenvalue weighted by molar-refractivity contribution is 7.15. The number of aromatic amines is 1. The summed E-state index contributed by atoms with van der Waals surface area (Å²) in [7, 11) is 0. The lowest BCUT2D eigenvalue weighted by atomic mass is 9.84. The fourth-order valence-corrected chi connectivity index (χ4v) is 5.42. The molecule has 5 aromatic rings. The topological polar surface area (TPSA) is 138 Å². The minimum Gasteiger partial charge on any atom is -0.491 e. The smallest absolute Gasteiger partial charge is 0.404 e. The minimum absolute atomic E-state index is 0.259. The van der Waals surface area contributed by atoms with Crippen molar-refractivity contribution in [3.05, 3.63) is 76.6 Å². The van der Waals surface area contributed by atoms with E-state index in [1.165, 1.54) is 11.3 Å². The van der Waals surface area contributed by atoms with Gasteiger partial charge in [0, 0.05) is 59.0 Å². The maximum atomic E-state index is 11.3. The third-order valence-electron chi connectivity index (χ3n) is 6.54. The van der Waals surface area contributed by atoms with Gasteiger partial charge in [-0.2, -0.15) is 5.10 Å². The molecule has 1 unspecified atom stereocenters. The van der Waals surface area contributed by atoms with Crippen LogP contribution in [0.1, 0.15) is 31.3 Å². The molecule has 1 atom stereocenters. The van der Waals surface area contributed by atoms with E-state index in [1.807, 2.05) is 51.1 Å². The molecule has 12 heteroatoms. The number of hydrogen-bond acceptors (Lipinski definition) is 8. The number of pyridine rings is 2. The van der Waals surface area contributed by atoms with E-state index in [0.29, 0.717) is 46.9 Å². The molecule has 4 heterocycles.